The van der Waals surface area contributed by atoms with E-state index in [1.807, 2.05) is 30.3 Å². The predicted molar refractivity (Wildman–Crippen MR) is 103 cm³/mol. The first-order valence-electron chi connectivity index (χ1n) is 8.77. The Balaban J connectivity index is 1.90. The second kappa shape index (κ2) is 4.64. The van der Waals surface area contributed by atoms with Crippen LogP contribution in [-0.2, 0) is 7.05 Å². The Hall–Kier alpha value is -3.33. The lowest BCUT2D eigenvalue weighted by atomic mass is 9.94. The van der Waals surface area contributed by atoms with Crippen LogP contribution in [0.5, 0.6) is 11.5 Å². The third-order valence-corrected chi connectivity index (χ3v) is 5.42. The molecule has 0 atom stereocenters. The molecule has 0 unspecified atom stereocenters. The molecule has 2 aromatic heterocycles. The van der Waals surface area contributed by atoms with E-state index in [1.165, 1.54) is 22.2 Å². The molecule has 3 heterocycles. The molecule has 0 spiro atoms. The number of aryl methyl sites for hydroxylation is 2. The van der Waals surface area contributed by atoms with Gasteiger partial charge >= 0.3 is 0 Å². The molecule has 0 fully saturated rings. The molecule has 3 nitrogen and oxygen atoms in total. The number of para-hydroxylation sites is 1. The van der Waals surface area contributed by atoms with Crippen LogP contribution < -0.4 is 9.30 Å². The number of hydrogen-bond donors (Lipinski definition) is 0. The average Bonchev–Trinajstić information content (AvgIpc) is 3.01. The van der Waals surface area contributed by atoms with Gasteiger partial charge in [-0.3, -0.25) is 0 Å². The Kier molecular flexibility index (Phi) is 2.48. The molecule has 3 heteroatoms. The molecule has 3 aromatic carbocycles. The Labute approximate surface area is 150 Å². The summed E-state index contributed by atoms with van der Waals surface area (Å²) < 4.78 is 14.6. The molecule has 1 aliphatic rings. The summed E-state index contributed by atoms with van der Waals surface area (Å²) in [6, 6.07) is 18.6. The fourth-order valence-electron chi connectivity index (χ4n) is 4.27. The highest BCUT2D eigenvalue weighted by molar-refractivity contribution is 6.22. The van der Waals surface area contributed by atoms with Gasteiger partial charge in [-0.15, -0.1) is 0 Å². The van der Waals surface area contributed by atoms with Gasteiger partial charge in [0.05, 0.1) is 10.9 Å². The first-order chi connectivity index (χ1) is 12.7. The molecule has 0 bridgehead atoms. The van der Waals surface area contributed by atoms with Crippen LogP contribution in [0.1, 0.15) is 5.56 Å². The minimum atomic E-state index is 0.857. The first-order valence-corrected chi connectivity index (χ1v) is 8.77. The van der Waals surface area contributed by atoms with Crippen molar-refractivity contribution in [3.8, 4) is 22.8 Å². The van der Waals surface area contributed by atoms with E-state index in [1.54, 1.807) is 0 Å². The van der Waals surface area contributed by atoms with Gasteiger partial charge in [0.2, 0.25) is 5.69 Å². The van der Waals surface area contributed by atoms with Gasteiger partial charge in [0.1, 0.15) is 29.7 Å². The second-order valence-electron chi connectivity index (χ2n) is 6.96. The molecular formula is C23H16NO2+. The summed E-state index contributed by atoms with van der Waals surface area (Å²) in [4.78, 5) is 0. The number of fused-ring (bicyclic) bond motifs is 6. The van der Waals surface area contributed by atoms with Crippen LogP contribution in [0.3, 0.4) is 0 Å². The smallest absolute Gasteiger partial charge is 0.228 e. The second-order valence-corrected chi connectivity index (χ2v) is 6.96. The molecule has 1 aliphatic heterocycles. The third-order valence-electron chi connectivity index (χ3n) is 5.42. The van der Waals surface area contributed by atoms with Gasteiger partial charge in [-0.1, -0.05) is 30.3 Å². The zero-order chi connectivity index (χ0) is 17.4. The molecule has 0 N–H and O–H groups in total. The SMILES string of the molecule is Cc1cccc2c1-c1c3c(cc4oc5ccccc5c4c3cc[n+]1C)O2. The highest BCUT2D eigenvalue weighted by Crippen LogP contribution is 2.49. The van der Waals surface area contributed by atoms with Crippen molar-refractivity contribution in [2.24, 2.45) is 7.05 Å². The summed E-state index contributed by atoms with van der Waals surface area (Å²) in [6.45, 7) is 2.14. The van der Waals surface area contributed by atoms with Crippen molar-refractivity contribution in [2.75, 3.05) is 0 Å². The number of pyridine rings is 1. The Bertz CT molecular complexity index is 1380. The molecule has 5 aromatic rings. The Morgan fingerprint density at radius 1 is 0.808 bits per heavy atom. The maximum atomic E-state index is 6.32. The van der Waals surface area contributed by atoms with Crippen LogP contribution in [0.2, 0.25) is 0 Å². The zero-order valence-corrected chi connectivity index (χ0v) is 14.5. The van der Waals surface area contributed by atoms with Crippen molar-refractivity contribution in [1.29, 1.82) is 0 Å². The van der Waals surface area contributed by atoms with E-state index < -0.39 is 0 Å². The maximum Gasteiger partial charge on any atom is 0.228 e. The number of aromatic nitrogens is 1. The quantitative estimate of drug-likeness (QED) is 0.335. The lowest BCUT2D eigenvalue weighted by molar-refractivity contribution is -0.659. The van der Waals surface area contributed by atoms with E-state index in [0.29, 0.717) is 0 Å². The average molecular weight is 338 g/mol. The molecule has 0 aliphatic carbocycles. The molecule has 6 rings (SSSR count). The monoisotopic (exact) mass is 338 g/mol. The van der Waals surface area contributed by atoms with E-state index in [2.05, 4.69) is 49.0 Å². The topological polar surface area (TPSA) is 26.2 Å². The van der Waals surface area contributed by atoms with Crippen LogP contribution in [-0.4, -0.2) is 0 Å². The van der Waals surface area contributed by atoms with Crippen molar-refractivity contribution in [3.63, 3.8) is 0 Å². The van der Waals surface area contributed by atoms with Crippen LogP contribution in [0, 0.1) is 6.92 Å². The summed E-state index contributed by atoms with van der Waals surface area (Å²) >= 11 is 0. The molecular weight excluding hydrogens is 322 g/mol. The summed E-state index contributed by atoms with van der Waals surface area (Å²) in [5.41, 5.74) is 5.35. The minimum Gasteiger partial charge on any atom is -0.456 e. The van der Waals surface area contributed by atoms with E-state index in [0.717, 1.165) is 38.8 Å². The Morgan fingerprint density at radius 3 is 2.62 bits per heavy atom. The molecule has 124 valence electrons. The molecule has 0 radical (unpaired) electrons. The standard InChI is InChI=1S/C23H16NO2/c1-13-6-5-9-17-20(13)23-22-15(10-11-24(23)2)21-14-7-3-4-8-16(14)25-18(21)12-19(22)26-17/h3-12H,1-2H3/q+1. The number of hydrogen-bond acceptors (Lipinski definition) is 2. The number of nitrogens with zero attached hydrogens (tertiary/aromatic N) is 1. The summed E-state index contributed by atoms with van der Waals surface area (Å²) in [5.74, 6) is 1.76. The summed E-state index contributed by atoms with van der Waals surface area (Å²) in [7, 11) is 2.10. The first kappa shape index (κ1) is 13.9. The van der Waals surface area contributed by atoms with Gasteiger partial charge in [-0.2, -0.15) is 0 Å². The Morgan fingerprint density at radius 2 is 1.69 bits per heavy atom. The zero-order valence-electron chi connectivity index (χ0n) is 14.5. The van der Waals surface area contributed by atoms with Crippen LogP contribution in [0.4, 0.5) is 0 Å². The normalized spacial score (nSPS) is 12.5. The maximum absolute atomic E-state index is 6.32. The lowest BCUT2D eigenvalue weighted by Gasteiger charge is -2.20. The van der Waals surface area contributed by atoms with Crippen molar-refractivity contribution < 1.29 is 13.7 Å². The van der Waals surface area contributed by atoms with Crippen LogP contribution in [0.15, 0.2) is 65.2 Å². The predicted octanol–water partition coefficient (Wildman–Crippen LogP) is 5.64. The number of ether oxygens (including phenoxy) is 1. The van der Waals surface area contributed by atoms with E-state index in [4.69, 9.17) is 9.15 Å². The summed E-state index contributed by atoms with van der Waals surface area (Å²) in [5, 5.41) is 4.62. The third kappa shape index (κ3) is 1.60. The molecule has 26 heavy (non-hydrogen) atoms. The van der Waals surface area contributed by atoms with Crippen LogP contribution >= 0.6 is 0 Å². The van der Waals surface area contributed by atoms with Crippen molar-refractivity contribution in [2.45, 2.75) is 6.92 Å². The minimum absolute atomic E-state index is 0.857. The van der Waals surface area contributed by atoms with Crippen molar-refractivity contribution in [1.82, 2.24) is 0 Å². The molecule has 0 saturated carbocycles. The fraction of sp³-hybridized carbons (Fsp3) is 0.0870. The van der Waals surface area contributed by atoms with Gasteiger partial charge < -0.3 is 9.15 Å². The number of furan rings is 1. The van der Waals surface area contributed by atoms with Crippen LogP contribution in [0.25, 0.3) is 44.0 Å². The number of rotatable bonds is 0. The van der Waals surface area contributed by atoms with E-state index in [-0.39, 0.29) is 0 Å². The fourth-order valence-corrected chi connectivity index (χ4v) is 4.27. The largest absolute Gasteiger partial charge is 0.456 e. The van der Waals surface area contributed by atoms with Gasteiger partial charge in [0.25, 0.3) is 0 Å². The van der Waals surface area contributed by atoms with Gasteiger partial charge in [0.15, 0.2) is 6.20 Å². The molecule has 0 saturated heterocycles. The van der Waals surface area contributed by atoms with Crippen molar-refractivity contribution >= 4 is 32.7 Å². The van der Waals surface area contributed by atoms with Gasteiger partial charge in [0, 0.05) is 28.3 Å². The summed E-state index contributed by atoms with van der Waals surface area (Å²) in [6.07, 6.45) is 2.13. The highest BCUT2D eigenvalue weighted by Gasteiger charge is 2.30. The number of benzene rings is 3. The van der Waals surface area contributed by atoms with E-state index in [9.17, 15) is 0 Å². The van der Waals surface area contributed by atoms with Gasteiger partial charge in [-0.25, -0.2) is 4.57 Å². The highest BCUT2D eigenvalue weighted by atomic mass is 16.5. The van der Waals surface area contributed by atoms with E-state index >= 15 is 0 Å². The lowest BCUT2D eigenvalue weighted by Crippen LogP contribution is -2.31. The van der Waals surface area contributed by atoms with Crippen molar-refractivity contribution in [3.05, 3.63) is 66.4 Å². The molecule has 0 amide bonds. The van der Waals surface area contributed by atoms with Gasteiger partial charge in [-0.05, 0) is 24.6 Å².